The Bertz CT molecular complexity index is 1190. The Morgan fingerprint density at radius 2 is 1.58 bits per heavy atom. The lowest BCUT2D eigenvalue weighted by atomic mass is 10.0. The van der Waals surface area contributed by atoms with Crippen molar-refractivity contribution < 1.29 is 14.3 Å². The van der Waals surface area contributed by atoms with Crippen molar-refractivity contribution in [2.75, 3.05) is 12.4 Å². The standard InChI is InChI=1S/C25H21ClN2O3/c1-16-7-3-5-9-20(16)27-23-22(17-11-13-19(26)14-12-17)24(29)28(25(23)30)15-18-8-4-6-10-21(18)31-2/h3-14,27H,15H2,1-2H3. The van der Waals surface area contributed by atoms with Gasteiger partial charge in [0.05, 0.1) is 19.2 Å². The zero-order valence-electron chi connectivity index (χ0n) is 17.2. The number of halogens is 1. The van der Waals surface area contributed by atoms with Crippen molar-refractivity contribution in [2.24, 2.45) is 0 Å². The minimum atomic E-state index is -0.385. The molecule has 2 amide bonds. The van der Waals surface area contributed by atoms with E-state index in [0.717, 1.165) is 16.8 Å². The Kier molecular flexibility index (Phi) is 5.78. The third-order valence-electron chi connectivity index (χ3n) is 5.23. The summed E-state index contributed by atoms with van der Waals surface area (Å²) in [5.41, 5.74) is 3.68. The van der Waals surface area contributed by atoms with E-state index >= 15 is 0 Å². The number of benzene rings is 3. The fourth-order valence-corrected chi connectivity index (χ4v) is 3.70. The molecule has 0 aromatic heterocycles. The van der Waals surface area contributed by atoms with E-state index in [1.807, 2.05) is 49.4 Å². The van der Waals surface area contributed by atoms with Gasteiger partial charge in [-0.25, -0.2) is 0 Å². The van der Waals surface area contributed by atoms with Crippen LogP contribution in [0.4, 0.5) is 5.69 Å². The highest BCUT2D eigenvalue weighted by atomic mass is 35.5. The highest BCUT2D eigenvalue weighted by Gasteiger charge is 2.39. The molecule has 0 saturated carbocycles. The highest BCUT2D eigenvalue weighted by molar-refractivity contribution is 6.36. The Morgan fingerprint density at radius 1 is 0.903 bits per heavy atom. The smallest absolute Gasteiger partial charge is 0.278 e. The number of hydrogen-bond acceptors (Lipinski definition) is 4. The maximum atomic E-state index is 13.4. The second-order valence-corrected chi connectivity index (χ2v) is 7.64. The van der Waals surface area contributed by atoms with E-state index in [1.165, 1.54) is 4.90 Å². The molecule has 0 radical (unpaired) electrons. The summed E-state index contributed by atoms with van der Waals surface area (Å²) in [6, 6.07) is 21.9. The number of para-hydroxylation sites is 2. The summed E-state index contributed by atoms with van der Waals surface area (Å²) in [6.45, 7) is 2.05. The van der Waals surface area contributed by atoms with Crippen LogP contribution in [0.5, 0.6) is 5.75 Å². The van der Waals surface area contributed by atoms with Crippen molar-refractivity contribution in [3.8, 4) is 5.75 Å². The van der Waals surface area contributed by atoms with Gasteiger partial charge in [0.25, 0.3) is 11.8 Å². The summed E-state index contributed by atoms with van der Waals surface area (Å²) >= 11 is 6.03. The Hall–Kier alpha value is -3.57. The van der Waals surface area contributed by atoms with Crippen LogP contribution in [-0.4, -0.2) is 23.8 Å². The van der Waals surface area contributed by atoms with E-state index in [2.05, 4.69) is 5.32 Å². The zero-order chi connectivity index (χ0) is 22.0. The maximum Gasteiger partial charge on any atom is 0.278 e. The van der Waals surface area contributed by atoms with E-state index in [1.54, 1.807) is 37.4 Å². The number of amides is 2. The van der Waals surface area contributed by atoms with Gasteiger partial charge in [0.2, 0.25) is 0 Å². The van der Waals surface area contributed by atoms with Crippen molar-refractivity contribution in [2.45, 2.75) is 13.5 Å². The number of anilines is 1. The first-order chi connectivity index (χ1) is 15.0. The fraction of sp³-hybridized carbons (Fsp3) is 0.120. The first kappa shape index (κ1) is 20.7. The first-order valence-electron chi connectivity index (χ1n) is 9.80. The van der Waals surface area contributed by atoms with Crippen LogP contribution in [-0.2, 0) is 16.1 Å². The van der Waals surface area contributed by atoms with Gasteiger partial charge < -0.3 is 10.1 Å². The van der Waals surface area contributed by atoms with Crippen molar-refractivity contribution in [1.82, 2.24) is 4.90 Å². The average Bonchev–Trinajstić information content (AvgIpc) is 3.00. The van der Waals surface area contributed by atoms with E-state index in [-0.39, 0.29) is 24.1 Å². The number of nitrogens with zero attached hydrogens (tertiary/aromatic N) is 1. The summed E-state index contributed by atoms with van der Waals surface area (Å²) in [4.78, 5) is 28.1. The maximum absolute atomic E-state index is 13.4. The van der Waals surface area contributed by atoms with E-state index in [0.29, 0.717) is 21.9 Å². The molecule has 1 heterocycles. The number of aryl methyl sites for hydroxylation is 1. The van der Waals surface area contributed by atoms with Gasteiger partial charge in [0, 0.05) is 16.3 Å². The summed E-state index contributed by atoms with van der Waals surface area (Å²) in [6.07, 6.45) is 0. The second kappa shape index (κ2) is 8.66. The van der Waals surface area contributed by atoms with E-state index < -0.39 is 0 Å². The van der Waals surface area contributed by atoms with Crippen LogP contribution < -0.4 is 10.1 Å². The molecule has 0 atom stereocenters. The number of ether oxygens (including phenoxy) is 1. The Balaban J connectivity index is 1.76. The molecule has 31 heavy (non-hydrogen) atoms. The summed E-state index contributed by atoms with van der Waals surface area (Å²) < 4.78 is 5.40. The molecule has 0 bridgehead atoms. The topological polar surface area (TPSA) is 58.6 Å². The molecule has 3 aromatic carbocycles. The predicted molar refractivity (Wildman–Crippen MR) is 122 cm³/mol. The quantitative estimate of drug-likeness (QED) is 0.554. The normalized spacial score (nSPS) is 13.7. The lowest BCUT2D eigenvalue weighted by Crippen LogP contribution is -2.32. The molecule has 1 aliphatic heterocycles. The molecule has 156 valence electrons. The van der Waals surface area contributed by atoms with Crippen molar-refractivity contribution >= 4 is 34.7 Å². The Labute approximate surface area is 185 Å². The van der Waals surface area contributed by atoms with Gasteiger partial charge in [-0.05, 0) is 42.3 Å². The van der Waals surface area contributed by atoms with Gasteiger partial charge in [-0.15, -0.1) is 0 Å². The average molecular weight is 433 g/mol. The van der Waals surface area contributed by atoms with Crippen LogP contribution in [0.1, 0.15) is 16.7 Å². The molecule has 0 fully saturated rings. The number of methoxy groups -OCH3 is 1. The summed E-state index contributed by atoms with van der Waals surface area (Å²) in [5, 5.41) is 3.76. The third kappa shape index (κ3) is 4.05. The number of carbonyl (C=O) groups is 2. The van der Waals surface area contributed by atoms with Gasteiger partial charge in [-0.1, -0.05) is 60.1 Å². The molecule has 0 saturated heterocycles. The van der Waals surface area contributed by atoms with E-state index in [4.69, 9.17) is 16.3 Å². The molecular weight excluding hydrogens is 412 g/mol. The number of hydrogen-bond donors (Lipinski definition) is 1. The van der Waals surface area contributed by atoms with Crippen LogP contribution >= 0.6 is 11.6 Å². The van der Waals surface area contributed by atoms with Crippen LogP contribution in [0.25, 0.3) is 5.57 Å². The molecule has 6 heteroatoms. The first-order valence-corrected chi connectivity index (χ1v) is 10.2. The SMILES string of the molecule is COc1ccccc1CN1C(=O)C(Nc2ccccc2C)=C(c2ccc(Cl)cc2)C1=O. The summed E-state index contributed by atoms with van der Waals surface area (Å²) in [7, 11) is 1.56. The fourth-order valence-electron chi connectivity index (χ4n) is 3.57. The number of rotatable bonds is 6. The van der Waals surface area contributed by atoms with E-state index in [9.17, 15) is 9.59 Å². The highest BCUT2D eigenvalue weighted by Crippen LogP contribution is 2.33. The summed E-state index contributed by atoms with van der Waals surface area (Å²) in [5.74, 6) is -0.130. The molecule has 1 aliphatic rings. The number of carbonyl (C=O) groups excluding carboxylic acids is 2. The molecule has 3 aromatic rings. The zero-order valence-corrected chi connectivity index (χ0v) is 17.9. The molecule has 1 N–H and O–H groups in total. The number of imide groups is 1. The molecule has 0 aliphatic carbocycles. The lowest BCUT2D eigenvalue weighted by Gasteiger charge is -2.17. The molecule has 0 unspecified atom stereocenters. The van der Waals surface area contributed by atoms with Gasteiger partial charge >= 0.3 is 0 Å². The van der Waals surface area contributed by atoms with Gasteiger partial charge in [-0.2, -0.15) is 0 Å². The van der Waals surface area contributed by atoms with Crippen LogP contribution in [0.3, 0.4) is 0 Å². The van der Waals surface area contributed by atoms with Crippen molar-refractivity contribution in [1.29, 1.82) is 0 Å². The molecule has 5 nitrogen and oxygen atoms in total. The predicted octanol–water partition coefficient (Wildman–Crippen LogP) is 5.05. The van der Waals surface area contributed by atoms with Crippen molar-refractivity contribution in [3.05, 3.63) is 100 Å². The van der Waals surface area contributed by atoms with Crippen LogP contribution in [0.2, 0.25) is 5.02 Å². The largest absolute Gasteiger partial charge is 0.496 e. The second-order valence-electron chi connectivity index (χ2n) is 7.21. The molecular formula is C25H21ClN2O3. The monoisotopic (exact) mass is 432 g/mol. The van der Waals surface area contributed by atoms with Gasteiger partial charge in [0.15, 0.2) is 0 Å². The third-order valence-corrected chi connectivity index (χ3v) is 5.48. The Morgan fingerprint density at radius 3 is 2.29 bits per heavy atom. The minimum absolute atomic E-state index is 0.109. The van der Waals surface area contributed by atoms with Crippen LogP contribution in [0.15, 0.2) is 78.5 Å². The van der Waals surface area contributed by atoms with Crippen molar-refractivity contribution in [3.63, 3.8) is 0 Å². The van der Waals surface area contributed by atoms with Crippen LogP contribution in [0, 0.1) is 6.92 Å². The number of nitrogens with one attached hydrogen (secondary N) is 1. The van der Waals surface area contributed by atoms with Gasteiger partial charge in [0.1, 0.15) is 11.4 Å². The molecule has 0 spiro atoms. The lowest BCUT2D eigenvalue weighted by molar-refractivity contribution is -0.137. The minimum Gasteiger partial charge on any atom is -0.496 e. The molecule has 4 rings (SSSR count). The van der Waals surface area contributed by atoms with Gasteiger partial charge in [-0.3, -0.25) is 14.5 Å².